The van der Waals surface area contributed by atoms with Crippen molar-refractivity contribution in [2.45, 2.75) is 20.8 Å². The van der Waals surface area contributed by atoms with Gasteiger partial charge in [0.05, 0.1) is 11.4 Å². The van der Waals surface area contributed by atoms with Crippen molar-refractivity contribution >= 4 is 11.4 Å². The van der Waals surface area contributed by atoms with Crippen LogP contribution in [0.5, 0.6) is 0 Å². The van der Waals surface area contributed by atoms with Crippen LogP contribution in [0.4, 0.5) is 5.69 Å². The fraction of sp³-hybridized carbons (Fsp3) is 0.214. The number of hydrogen-bond acceptors (Lipinski definition) is 2. The van der Waals surface area contributed by atoms with E-state index in [-0.39, 0.29) is 0 Å². The first-order valence-corrected chi connectivity index (χ1v) is 5.32. The summed E-state index contributed by atoms with van der Waals surface area (Å²) in [5.41, 5.74) is 7.04. The summed E-state index contributed by atoms with van der Waals surface area (Å²) in [7, 11) is 0. The Hall–Kier alpha value is -1.83. The van der Waals surface area contributed by atoms with Crippen molar-refractivity contribution in [3.63, 3.8) is 0 Å². The van der Waals surface area contributed by atoms with Crippen molar-refractivity contribution in [1.82, 2.24) is 0 Å². The molecule has 0 amide bonds. The maximum atomic E-state index is 4.26. The molecule has 1 aromatic carbocycles. The van der Waals surface area contributed by atoms with Gasteiger partial charge in [-0.05, 0) is 38.5 Å². The molecule has 0 atom stereocenters. The molecule has 1 rings (SSSR count). The fourth-order valence-corrected chi connectivity index (χ4v) is 1.17. The number of aryl methyl sites for hydroxylation is 1. The van der Waals surface area contributed by atoms with Crippen LogP contribution in [0.25, 0.3) is 0 Å². The number of nitrogens with one attached hydrogen (secondary N) is 1. The summed E-state index contributed by atoms with van der Waals surface area (Å²) in [5.74, 6) is 0. The molecule has 0 saturated heterocycles. The Morgan fingerprint density at radius 2 is 1.94 bits per heavy atom. The average Bonchev–Trinajstić information content (AvgIpc) is 2.28. The van der Waals surface area contributed by atoms with Crippen LogP contribution in [0, 0.1) is 6.92 Å². The Labute approximate surface area is 97.4 Å². The lowest BCUT2D eigenvalue weighted by Crippen LogP contribution is -1.98. The highest BCUT2D eigenvalue weighted by Crippen LogP contribution is 2.09. The van der Waals surface area contributed by atoms with Crippen LogP contribution in [0.15, 0.2) is 53.7 Å². The minimum atomic E-state index is 0.888. The number of allylic oxidation sites excluding steroid dienone is 3. The monoisotopic (exact) mass is 214 g/mol. The Bertz CT molecular complexity index is 411. The third-order valence-electron chi connectivity index (χ3n) is 2.24. The Morgan fingerprint density at radius 3 is 2.50 bits per heavy atom. The molecule has 0 aliphatic carbocycles. The van der Waals surface area contributed by atoms with Gasteiger partial charge in [-0.2, -0.15) is 5.10 Å². The van der Waals surface area contributed by atoms with E-state index in [1.165, 1.54) is 5.56 Å². The predicted octanol–water partition coefficient (Wildman–Crippen LogP) is 3.92. The summed E-state index contributed by atoms with van der Waals surface area (Å²) in [6, 6.07) is 8.11. The molecule has 0 aromatic heterocycles. The van der Waals surface area contributed by atoms with Crippen molar-refractivity contribution in [2.75, 3.05) is 5.43 Å². The van der Waals surface area contributed by atoms with E-state index in [2.05, 4.69) is 24.0 Å². The number of nitrogens with zero attached hydrogens (tertiary/aromatic N) is 1. The summed E-state index contributed by atoms with van der Waals surface area (Å²) >= 11 is 0. The average molecular weight is 214 g/mol. The Balaban J connectivity index is 2.65. The van der Waals surface area contributed by atoms with Crippen molar-refractivity contribution in [3.05, 3.63) is 54.1 Å². The molecule has 2 heteroatoms. The van der Waals surface area contributed by atoms with Crippen LogP contribution < -0.4 is 5.43 Å². The lowest BCUT2D eigenvalue weighted by molar-refractivity contribution is 1.31. The molecule has 2 nitrogen and oxygen atoms in total. The highest BCUT2D eigenvalue weighted by molar-refractivity contribution is 6.00. The summed E-state index contributed by atoms with van der Waals surface area (Å²) < 4.78 is 0. The summed E-state index contributed by atoms with van der Waals surface area (Å²) in [4.78, 5) is 0. The molecule has 0 aliphatic rings. The van der Waals surface area contributed by atoms with Gasteiger partial charge in [-0.1, -0.05) is 36.4 Å². The zero-order chi connectivity index (χ0) is 12.0. The first-order chi connectivity index (χ1) is 7.63. The molecule has 1 aromatic rings. The van der Waals surface area contributed by atoms with Gasteiger partial charge in [-0.3, -0.25) is 5.43 Å². The van der Waals surface area contributed by atoms with Gasteiger partial charge in [0.25, 0.3) is 0 Å². The number of benzene rings is 1. The van der Waals surface area contributed by atoms with Gasteiger partial charge in [0, 0.05) is 0 Å². The first-order valence-electron chi connectivity index (χ1n) is 5.32. The molecule has 0 heterocycles. The Morgan fingerprint density at radius 1 is 1.31 bits per heavy atom. The minimum Gasteiger partial charge on any atom is -0.278 e. The maximum Gasteiger partial charge on any atom is 0.0642 e. The lowest BCUT2D eigenvalue weighted by Gasteiger charge is -2.03. The van der Waals surface area contributed by atoms with Crippen molar-refractivity contribution in [2.24, 2.45) is 5.10 Å². The van der Waals surface area contributed by atoms with E-state index in [4.69, 9.17) is 0 Å². The first kappa shape index (κ1) is 12.2. The van der Waals surface area contributed by atoms with Crippen LogP contribution in [0.3, 0.4) is 0 Å². The van der Waals surface area contributed by atoms with Gasteiger partial charge >= 0.3 is 0 Å². The van der Waals surface area contributed by atoms with E-state index in [1.54, 1.807) is 0 Å². The number of hydrazone groups is 1. The van der Waals surface area contributed by atoms with Gasteiger partial charge < -0.3 is 0 Å². The molecule has 0 unspecified atom stereocenters. The van der Waals surface area contributed by atoms with Gasteiger partial charge in [-0.25, -0.2) is 0 Å². The summed E-state index contributed by atoms with van der Waals surface area (Å²) in [6.45, 7) is 9.87. The van der Waals surface area contributed by atoms with Crippen LogP contribution >= 0.6 is 0 Å². The molecular weight excluding hydrogens is 196 g/mol. The second-order valence-corrected chi connectivity index (χ2v) is 3.70. The maximum absolute atomic E-state index is 4.26. The number of rotatable bonds is 4. The van der Waals surface area contributed by atoms with Crippen LogP contribution in [-0.4, -0.2) is 5.71 Å². The highest BCUT2D eigenvalue weighted by atomic mass is 15.3. The SMILES string of the molecule is C=C(/C=C\C)/C(C)=N/Nc1ccc(C)cc1. The van der Waals surface area contributed by atoms with E-state index >= 15 is 0 Å². The topological polar surface area (TPSA) is 24.4 Å². The zero-order valence-corrected chi connectivity index (χ0v) is 10.1. The molecule has 0 bridgehead atoms. The summed E-state index contributed by atoms with van der Waals surface area (Å²) in [6.07, 6.45) is 3.89. The van der Waals surface area contributed by atoms with E-state index < -0.39 is 0 Å². The standard InChI is InChI=1S/C14H18N2/c1-5-6-12(3)13(4)15-16-14-9-7-11(2)8-10-14/h5-10,16H,3H2,1-2,4H3/b6-5-,15-13+. The molecule has 0 spiro atoms. The number of hydrogen-bond donors (Lipinski definition) is 1. The zero-order valence-electron chi connectivity index (χ0n) is 10.1. The van der Waals surface area contributed by atoms with E-state index in [1.807, 2.05) is 50.3 Å². The van der Waals surface area contributed by atoms with Gasteiger partial charge in [0.1, 0.15) is 0 Å². The van der Waals surface area contributed by atoms with E-state index in [9.17, 15) is 0 Å². The molecule has 16 heavy (non-hydrogen) atoms. The fourth-order valence-electron chi connectivity index (χ4n) is 1.17. The Kier molecular flexibility index (Phi) is 4.52. The van der Waals surface area contributed by atoms with Crippen LogP contribution in [-0.2, 0) is 0 Å². The van der Waals surface area contributed by atoms with Gasteiger partial charge in [-0.15, -0.1) is 0 Å². The minimum absolute atomic E-state index is 0.888. The largest absolute Gasteiger partial charge is 0.278 e. The second kappa shape index (κ2) is 5.91. The normalized spacial score (nSPS) is 11.8. The molecule has 0 saturated carbocycles. The van der Waals surface area contributed by atoms with Crippen molar-refractivity contribution < 1.29 is 0 Å². The highest BCUT2D eigenvalue weighted by Gasteiger charge is 1.94. The number of anilines is 1. The van der Waals surface area contributed by atoms with Crippen LogP contribution in [0.1, 0.15) is 19.4 Å². The van der Waals surface area contributed by atoms with E-state index in [0.29, 0.717) is 0 Å². The molecule has 1 N–H and O–H groups in total. The lowest BCUT2D eigenvalue weighted by atomic mass is 10.2. The van der Waals surface area contributed by atoms with E-state index in [0.717, 1.165) is 17.0 Å². The van der Waals surface area contributed by atoms with Gasteiger partial charge in [0.2, 0.25) is 0 Å². The third-order valence-corrected chi connectivity index (χ3v) is 2.24. The molecular formula is C14H18N2. The summed E-state index contributed by atoms with van der Waals surface area (Å²) in [5, 5.41) is 4.26. The second-order valence-electron chi connectivity index (χ2n) is 3.70. The third kappa shape index (κ3) is 3.73. The van der Waals surface area contributed by atoms with Crippen LogP contribution in [0.2, 0.25) is 0 Å². The smallest absolute Gasteiger partial charge is 0.0642 e. The van der Waals surface area contributed by atoms with Crippen molar-refractivity contribution in [3.8, 4) is 0 Å². The quantitative estimate of drug-likeness (QED) is 0.458. The van der Waals surface area contributed by atoms with Crippen molar-refractivity contribution in [1.29, 1.82) is 0 Å². The predicted molar refractivity (Wildman–Crippen MR) is 71.9 cm³/mol. The molecule has 84 valence electrons. The molecule has 0 fully saturated rings. The molecule has 0 radical (unpaired) electrons. The molecule has 0 aliphatic heterocycles. The van der Waals surface area contributed by atoms with Gasteiger partial charge in [0.15, 0.2) is 0 Å².